The number of methoxy groups -OCH3 is 1. The molecule has 1 unspecified atom stereocenters. The smallest absolute Gasteiger partial charge is 0.264 e. The molecule has 8 rings (SSSR count). The standard InChI is InChI=1S/C31H40N2O3S/c1-36-30(31-17-23-14-24(18-31)16-25(15-23)19-31)21-32-12-10-22(11-13-32)20-33-28-8-4-2-6-26(28)27-7-3-5-9-29(27)37(33,34)35/h2-9,22-25,30H,10-21H2,1H3. The first-order valence-corrected chi connectivity index (χ1v) is 15.9. The SMILES string of the molecule is COC(CN1CCC(CN2c3ccccc3-c3ccccc3S2(=O)=O)CC1)C12CC3CC(CC(C3)C1)C2. The molecule has 4 bridgehead atoms. The van der Waals surface area contributed by atoms with Gasteiger partial charge in [0.25, 0.3) is 10.0 Å². The number of fused-ring (bicyclic) bond motifs is 3. The zero-order valence-electron chi connectivity index (χ0n) is 22.0. The van der Waals surface area contributed by atoms with Gasteiger partial charge in [-0.05, 0) is 106 Å². The molecule has 6 aliphatic rings. The Hall–Kier alpha value is -1.89. The van der Waals surface area contributed by atoms with Crippen molar-refractivity contribution in [2.75, 3.05) is 37.6 Å². The molecule has 0 aromatic heterocycles. The van der Waals surface area contributed by atoms with Gasteiger partial charge in [-0.2, -0.15) is 0 Å². The Balaban J connectivity index is 1.03. The molecular weight excluding hydrogens is 480 g/mol. The Morgan fingerprint density at radius 2 is 1.49 bits per heavy atom. The lowest BCUT2D eigenvalue weighted by Crippen LogP contribution is -2.55. The van der Waals surface area contributed by atoms with Crippen LogP contribution in [0.2, 0.25) is 0 Å². The van der Waals surface area contributed by atoms with Crippen molar-refractivity contribution in [3.05, 3.63) is 48.5 Å². The van der Waals surface area contributed by atoms with Gasteiger partial charge in [0.15, 0.2) is 0 Å². The normalized spacial score (nSPS) is 33.2. The first-order chi connectivity index (χ1) is 17.9. The highest BCUT2D eigenvalue weighted by Crippen LogP contribution is 2.61. The molecule has 37 heavy (non-hydrogen) atoms. The van der Waals surface area contributed by atoms with Gasteiger partial charge in [-0.25, -0.2) is 8.42 Å². The van der Waals surface area contributed by atoms with Gasteiger partial charge >= 0.3 is 0 Å². The number of hydrogen-bond donors (Lipinski definition) is 0. The highest BCUT2D eigenvalue weighted by atomic mass is 32.2. The monoisotopic (exact) mass is 520 g/mol. The molecule has 6 heteroatoms. The molecule has 0 N–H and O–H groups in total. The number of piperidine rings is 1. The largest absolute Gasteiger partial charge is 0.380 e. The Kier molecular flexibility index (Phi) is 5.94. The van der Waals surface area contributed by atoms with E-state index in [1.54, 1.807) is 10.4 Å². The molecule has 5 nitrogen and oxygen atoms in total. The Morgan fingerprint density at radius 1 is 0.892 bits per heavy atom. The van der Waals surface area contributed by atoms with E-state index in [-0.39, 0.29) is 0 Å². The average Bonchev–Trinajstić information content (AvgIpc) is 2.90. The summed E-state index contributed by atoms with van der Waals surface area (Å²) in [5, 5.41) is 0. The van der Waals surface area contributed by atoms with Crippen LogP contribution < -0.4 is 4.31 Å². The summed E-state index contributed by atoms with van der Waals surface area (Å²) in [4.78, 5) is 3.04. The summed E-state index contributed by atoms with van der Waals surface area (Å²) in [6, 6.07) is 15.4. The summed E-state index contributed by atoms with van der Waals surface area (Å²) in [7, 11) is -1.62. The van der Waals surface area contributed by atoms with E-state index in [4.69, 9.17) is 4.74 Å². The van der Waals surface area contributed by atoms with E-state index in [1.807, 2.05) is 49.6 Å². The van der Waals surface area contributed by atoms with Gasteiger partial charge in [0.1, 0.15) is 0 Å². The second kappa shape index (κ2) is 9.10. The summed E-state index contributed by atoms with van der Waals surface area (Å²) < 4.78 is 35.3. The van der Waals surface area contributed by atoms with Crippen LogP contribution in [0.5, 0.6) is 0 Å². The molecule has 4 aliphatic carbocycles. The lowest BCUT2D eigenvalue weighted by Gasteiger charge is -2.59. The van der Waals surface area contributed by atoms with Crippen molar-refractivity contribution in [2.24, 2.45) is 29.1 Å². The Labute approximate surface area is 222 Å². The number of benzene rings is 2. The van der Waals surface area contributed by atoms with Gasteiger partial charge in [-0.3, -0.25) is 4.31 Å². The number of ether oxygens (including phenoxy) is 1. The fourth-order valence-electron chi connectivity index (χ4n) is 9.19. The van der Waals surface area contributed by atoms with Crippen LogP contribution in [0.1, 0.15) is 51.4 Å². The maximum Gasteiger partial charge on any atom is 0.264 e. The van der Waals surface area contributed by atoms with Crippen LogP contribution in [-0.2, 0) is 14.8 Å². The maximum atomic E-state index is 13.7. The first-order valence-electron chi connectivity index (χ1n) is 14.4. The molecule has 1 atom stereocenters. The number of likely N-dealkylation sites (tertiary alicyclic amines) is 1. The van der Waals surface area contributed by atoms with Crippen LogP contribution in [0, 0.1) is 29.1 Å². The number of sulfonamides is 1. The molecule has 198 valence electrons. The predicted octanol–water partition coefficient (Wildman–Crippen LogP) is 5.81. The molecule has 0 amide bonds. The van der Waals surface area contributed by atoms with E-state index in [9.17, 15) is 8.42 Å². The minimum atomic E-state index is -3.56. The average molecular weight is 521 g/mol. The number of rotatable bonds is 6. The first kappa shape index (κ1) is 24.2. The number of hydrogen-bond acceptors (Lipinski definition) is 4. The number of para-hydroxylation sites is 1. The predicted molar refractivity (Wildman–Crippen MR) is 147 cm³/mol. The van der Waals surface area contributed by atoms with Crippen molar-refractivity contribution in [2.45, 2.75) is 62.4 Å². The van der Waals surface area contributed by atoms with Gasteiger partial charge in [0, 0.05) is 31.3 Å². The molecule has 4 saturated carbocycles. The summed E-state index contributed by atoms with van der Waals surface area (Å²) in [6.45, 7) is 3.66. The lowest BCUT2D eigenvalue weighted by atomic mass is 9.48. The second-order valence-corrected chi connectivity index (χ2v) is 14.6. The molecule has 0 radical (unpaired) electrons. The quantitative estimate of drug-likeness (QED) is 0.483. The van der Waals surface area contributed by atoms with Gasteiger partial charge in [0.2, 0.25) is 0 Å². The third-order valence-corrected chi connectivity index (χ3v) is 12.4. The van der Waals surface area contributed by atoms with E-state index in [0.29, 0.717) is 28.9 Å². The maximum absolute atomic E-state index is 13.7. The molecule has 1 saturated heterocycles. The number of nitrogens with zero attached hydrogens (tertiary/aromatic N) is 2. The molecular formula is C31H40N2O3S. The Morgan fingerprint density at radius 3 is 2.14 bits per heavy atom. The summed E-state index contributed by atoms with van der Waals surface area (Å²) in [5.41, 5.74) is 3.06. The van der Waals surface area contributed by atoms with Crippen LogP contribution >= 0.6 is 0 Å². The van der Waals surface area contributed by atoms with Crippen molar-refractivity contribution >= 4 is 15.7 Å². The summed E-state index contributed by atoms with van der Waals surface area (Å²) >= 11 is 0. The van der Waals surface area contributed by atoms with Crippen LogP contribution in [0.15, 0.2) is 53.4 Å². The molecule has 2 aromatic carbocycles. The van der Waals surface area contributed by atoms with Crippen molar-refractivity contribution in [1.82, 2.24) is 4.90 Å². The zero-order chi connectivity index (χ0) is 25.2. The van der Waals surface area contributed by atoms with Crippen LogP contribution in [0.4, 0.5) is 5.69 Å². The van der Waals surface area contributed by atoms with Gasteiger partial charge in [-0.15, -0.1) is 0 Å². The van der Waals surface area contributed by atoms with Crippen molar-refractivity contribution < 1.29 is 13.2 Å². The van der Waals surface area contributed by atoms with E-state index in [0.717, 1.165) is 67.0 Å². The van der Waals surface area contributed by atoms with Crippen LogP contribution in [-0.4, -0.2) is 52.7 Å². The zero-order valence-corrected chi connectivity index (χ0v) is 22.8. The summed E-state index contributed by atoms with van der Waals surface area (Å²) in [6.07, 6.45) is 10.9. The van der Waals surface area contributed by atoms with Crippen LogP contribution in [0.25, 0.3) is 11.1 Å². The van der Waals surface area contributed by atoms with Gasteiger partial charge in [0.05, 0.1) is 16.7 Å². The second-order valence-electron chi connectivity index (χ2n) is 12.8. The van der Waals surface area contributed by atoms with Crippen molar-refractivity contribution in [3.63, 3.8) is 0 Å². The van der Waals surface area contributed by atoms with Gasteiger partial charge < -0.3 is 9.64 Å². The lowest BCUT2D eigenvalue weighted by molar-refractivity contribution is -0.139. The minimum absolute atomic E-state index is 0.336. The highest BCUT2D eigenvalue weighted by Gasteiger charge is 2.54. The molecule has 2 aliphatic heterocycles. The molecule has 0 spiro atoms. The van der Waals surface area contributed by atoms with E-state index in [2.05, 4.69) is 4.90 Å². The number of anilines is 1. The van der Waals surface area contributed by atoms with Crippen molar-refractivity contribution in [3.8, 4) is 11.1 Å². The topological polar surface area (TPSA) is 49.9 Å². The molecule has 5 fully saturated rings. The summed E-state index contributed by atoms with van der Waals surface area (Å²) in [5.74, 6) is 3.18. The van der Waals surface area contributed by atoms with Crippen LogP contribution in [0.3, 0.4) is 0 Å². The highest BCUT2D eigenvalue weighted by molar-refractivity contribution is 7.93. The minimum Gasteiger partial charge on any atom is -0.380 e. The third kappa shape index (κ3) is 4.06. The fraction of sp³-hybridized carbons (Fsp3) is 0.613. The van der Waals surface area contributed by atoms with E-state index >= 15 is 0 Å². The molecule has 2 aromatic rings. The van der Waals surface area contributed by atoms with Gasteiger partial charge in [-0.1, -0.05) is 36.4 Å². The van der Waals surface area contributed by atoms with E-state index < -0.39 is 10.0 Å². The molecule has 2 heterocycles. The third-order valence-electron chi connectivity index (χ3n) is 10.5. The van der Waals surface area contributed by atoms with E-state index in [1.165, 1.54) is 38.5 Å². The fourth-order valence-corrected chi connectivity index (χ4v) is 11.0. The van der Waals surface area contributed by atoms with Crippen molar-refractivity contribution in [1.29, 1.82) is 0 Å². The Bertz CT molecular complexity index is 1230.